The molecule has 0 N–H and O–H groups in total. The standard InChI is InChI=1S/C21H14.C21H25.C5H5.2ClH.Zr/c1-3-7-20-14-16(9-11-18(20)5-1)13-17-10-12-19-6-2-4-8-21(19)15-17;1-20(2,3)16-7-9-18-14(12-16)11-15-13-17(21(4,5)6)8-10-19(15)18;1-2-4-5-3-1;;;/h1-12,14-15H;7-13H,1-6H3;1-3H,4H2;2*1H;/q;2*-1;;;+2/p-2. The number of rotatable bonds is 2. The molecule has 0 radical (unpaired) electrons. The molecule has 0 fully saturated rings. The van der Waals surface area contributed by atoms with E-state index in [1.807, 2.05) is 12.2 Å². The number of halogens is 2. The second-order valence-corrected chi connectivity index (χ2v) is 16.0. The van der Waals surface area contributed by atoms with E-state index >= 15 is 0 Å². The average Bonchev–Trinajstić information content (AvgIpc) is 3.79. The van der Waals surface area contributed by atoms with E-state index in [1.165, 1.54) is 92.8 Å². The monoisotopic (exact) mass is 768 g/mol. The Morgan fingerprint density at radius 1 is 0.560 bits per heavy atom. The summed E-state index contributed by atoms with van der Waals surface area (Å²) in [6, 6.07) is 46.8. The van der Waals surface area contributed by atoms with E-state index in [4.69, 9.17) is 0 Å². The number of hydrogen-bond acceptors (Lipinski definition) is 0. The first-order valence-corrected chi connectivity index (χ1v) is 18.1. The second-order valence-electron chi connectivity index (χ2n) is 14.8. The number of benzene rings is 6. The quantitative estimate of drug-likeness (QED) is 0.171. The van der Waals surface area contributed by atoms with Gasteiger partial charge in [-0.15, -0.1) is 46.2 Å². The minimum atomic E-state index is 0. The maximum absolute atomic E-state index is 2.99. The van der Waals surface area contributed by atoms with Crippen LogP contribution in [0.3, 0.4) is 0 Å². The van der Waals surface area contributed by atoms with Crippen molar-refractivity contribution in [3.8, 4) is 0 Å². The zero-order valence-corrected chi connectivity index (χ0v) is 33.8. The maximum atomic E-state index is 2.99. The second kappa shape index (κ2) is 16.7. The van der Waals surface area contributed by atoms with Gasteiger partial charge in [0.15, 0.2) is 0 Å². The average molecular weight is 771 g/mol. The van der Waals surface area contributed by atoms with Crippen molar-refractivity contribution in [1.29, 1.82) is 0 Å². The van der Waals surface area contributed by atoms with Crippen LogP contribution >= 0.6 is 0 Å². The third kappa shape index (κ3) is 9.24. The predicted molar refractivity (Wildman–Crippen MR) is 207 cm³/mol. The first kappa shape index (κ1) is 39.3. The van der Waals surface area contributed by atoms with E-state index in [9.17, 15) is 0 Å². The zero-order valence-electron chi connectivity index (χ0n) is 29.8. The van der Waals surface area contributed by atoms with E-state index in [2.05, 4.69) is 181 Å². The van der Waals surface area contributed by atoms with Crippen LogP contribution in [0.5, 0.6) is 0 Å². The van der Waals surface area contributed by atoms with Crippen molar-refractivity contribution in [2.45, 2.75) is 58.8 Å². The van der Waals surface area contributed by atoms with Gasteiger partial charge in [-0.3, -0.25) is 6.08 Å². The van der Waals surface area contributed by atoms with Gasteiger partial charge < -0.3 is 24.8 Å². The Morgan fingerprint density at radius 2 is 1.00 bits per heavy atom. The summed E-state index contributed by atoms with van der Waals surface area (Å²) in [4.78, 5) is 0. The summed E-state index contributed by atoms with van der Waals surface area (Å²) in [5, 5.41) is 10.7. The molecular weight excluding hydrogens is 727 g/mol. The van der Waals surface area contributed by atoms with Crippen LogP contribution in [0, 0.1) is 6.08 Å². The summed E-state index contributed by atoms with van der Waals surface area (Å²) < 4.78 is 1.41. The van der Waals surface area contributed by atoms with Crippen molar-refractivity contribution in [3.63, 3.8) is 0 Å². The van der Waals surface area contributed by atoms with Gasteiger partial charge in [-0.25, -0.2) is 12.2 Å². The molecule has 8 rings (SSSR count). The minimum absolute atomic E-state index is 0. The summed E-state index contributed by atoms with van der Waals surface area (Å²) in [5.41, 5.74) is 5.87. The van der Waals surface area contributed by atoms with Crippen LogP contribution in [0.15, 0.2) is 146 Å². The first-order valence-electron chi connectivity index (χ1n) is 16.9. The topological polar surface area (TPSA) is 0 Å². The van der Waals surface area contributed by atoms with Crippen molar-refractivity contribution in [2.24, 2.45) is 0 Å². The Bertz CT molecular complexity index is 2150. The number of allylic oxidation sites excluding steroid dienone is 4. The van der Waals surface area contributed by atoms with Crippen LogP contribution in [0.2, 0.25) is 0 Å². The predicted octanol–water partition coefficient (Wildman–Crippen LogP) is 6.73. The molecule has 0 saturated carbocycles. The molecule has 0 unspecified atom stereocenters. The van der Waals surface area contributed by atoms with Gasteiger partial charge in [0.25, 0.3) is 0 Å². The third-order valence-electron chi connectivity index (χ3n) is 9.10. The molecule has 0 heterocycles. The first-order chi connectivity index (χ1) is 23.0. The number of hydrogen-bond donors (Lipinski definition) is 0. The van der Waals surface area contributed by atoms with E-state index in [0.717, 1.165) is 6.42 Å². The van der Waals surface area contributed by atoms with Crippen LogP contribution < -0.4 is 24.8 Å². The Balaban J connectivity index is 0.000000190. The van der Waals surface area contributed by atoms with Gasteiger partial charge in [0.2, 0.25) is 0 Å². The van der Waals surface area contributed by atoms with Gasteiger partial charge in [0.1, 0.15) is 0 Å². The van der Waals surface area contributed by atoms with Crippen molar-refractivity contribution in [1.82, 2.24) is 0 Å². The van der Waals surface area contributed by atoms with Gasteiger partial charge in [-0.1, -0.05) is 76.9 Å². The Morgan fingerprint density at radius 3 is 1.36 bits per heavy atom. The summed E-state index contributed by atoms with van der Waals surface area (Å²) in [6.07, 6.45) is 10.0. The van der Waals surface area contributed by atoms with Crippen molar-refractivity contribution >= 4 is 46.3 Å². The fourth-order valence-electron chi connectivity index (χ4n) is 6.15. The van der Waals surface area contributed by atoms with Crippen LogP contribution in [0.4, 0.5) is 0 Å². The summed E-state index contributed by atoms with van der Waals surface area (Å²) in [7, 11) is 0. The van der Waals surface area contributed by atoms with Crippen LogP contribution in [0.1, 0.15) is 70.2 Å². The van der Waals surface area contributed by atoms with Gasteiger partial charge in [-0.2, -0.15) is 6.08 Å². The molecule has 0 amide bonds. The molecule has 50 heavy (non-hydrogen) atoms. The number of fused-ring (bicyclic) bond motifs is 5. The molecule has 0 saturated heterocycles. The van der Waals surface area contributed by atoms with Crippen molar-refractivity contribution in [3.05, 3.63) is 174 Å². The molecule has 1 aliphatic rings. The van der Waals surface area contributed by atoms with Crippen LogP contribution in [-0.4, -0.2) is 3.21 Å². The molecule has 0 nitrogen and oxygen atoms in total. The van der Waals surface area contributed by atoms with E-state index in [0.29, 0.717) is 0 Å². The summed E-state index contributed by atoms with van der Waals surface area (Å²) in [5.74, 6) is 0. The zero-order chi connectivity index (χ0) is 33.9. The molecule has 0 atom stereocenters. The van der Waals surface area contributed by atoms with Crippen LogP contribution in [0.25, 0.3) is 43.1 Å². The molecule has 3 heteroatoms. The van der Waals surface area contributed by atoms with Gasteiger partial charge >= 0.3 is 145 Å². The molecule has 0 spiro atoms. The molecule has 0 aliphatic heterocycles. The molecule has 0 bridgehead atoms. The van der Waals surface area contributed by atoms with Gasteiger partial charge in [0, 0.05) is 0 Å². The Kier molecular flexibility index (Phi) is 13.1. The normalized spacial score (nSPS) is 12.2. The molecule has 1 aliphatic carbocycles. The summed E-state index contributed by atoms with van der Waals surface area (Å²) in [6.45, 7) is 13.6. The van der Waals surface area contributed by atoms with Gasteiger partial charge in [-0.05, 0) is 10.8 Å². The Labute approximate surface area is 325 Å². The molecule has 7 aromatic carbocycles. The fraction of sp³-hybridized carbons (Fsp3) is 0.191. The molecule has 7 aromatic rings. The molecular formula is C47H44Cl2Zr-2. The third-order valence-corrected chi connectivity index (χ3v) is 10.5. The van der Waals surface area contributed by atoms with Crippen molar-refractivity contribution < 1.29 is 49.0 Å². The molecule has 252 valence electrons. The van der Waals surface area contributed by atoms with Crippen molar-refractivity contribution in [2.75, 3.05) is 0 Å². The molecule has 0 aromatic heterocycles. The SMILES string of the molecule is CC(C)(C)c1ccc2c(c1)[cH-]c1cc(C(C)(C)C)ccc12.[C-]1=CC=CC1.[Cl-].[Cl-].[Zr+2]=[C](c1ccc2ccccc2c1)c1ccc2ccccc2c1. The fourth-order valence-corrected chi connectivity index (χ4v) is 6.92. The van der Waals surface area contributed by atoms with E-state index < -0.39 is 0 Å². The summed E-state index contributed by atoms with van der Waals surface area (Å²) >= 11 is 1.44. The van der Waals surface area contributed by atoms with Crippen LogP contribution in [-0.2, 0) is 35.1 Å². The van der Waals surface area contributed by atoms with E-state index in [-0.39, 0.29) is 35.6 Å². The Hall–Kier alpha value is -3.48. The van der Waals surface area contributed by atoms with E-state index in [1.54, 1.807) is 0 Å². The van der Waals surface area contributed by atoms with Gasteiger partial charge in [0.05, 0.1) is 0 Å².